The lowest BCUT2D eigenvalue weighted by Crippen LogP contribution is -2.12. The maximum atomic E-state index is 12.2. The molecule has 1 heterocycles. The molecule has 0 aromatic carbocycles. The molecule has 2 N–H and O–H groups in total. The van der Waals surface area contributed by atoms with Crippen LogP contribution in [-0.2, 0) is 6.18 Å². The van der Waals surface area contributed by atoms with Gasteiger partial charge in [-0.15, -0.1) is 0 Å². The first-order valence-electron chi connectivity index (χ1n) is 3.18. The minimum Gasteiger partial charge on any atom is -0.383 e. The van der Waals surface area contributed by atoms with Crippen LogP contribution in [0, 0.1) is 11.3 Å². The van der Waals surface area contributed by atoms with Crippen molar-refractivity contribution in [2.75, 3.05) is 5.73 Å². The lowest BCUT2D eigenvalue weighted by atomic mass is 10.1. The molecule has 1 aromatic rings. The van der Waals surface area contributed by atoms with E-state index in [1.165, 1.54) is 6.07 Å². The van der Waals surface area contributed by atoms with Crippen molar-refractivity contribution in [1.82, 2.24) is 4.98 Å². The second-order valence-corrected chi connectivity index (χ2v) is 2.23. The smallest absolute Gasteiger partial charge is 0.383 e. The number of pyridine rings is 1. The second-order valence-electron chi connectivity index (χ2n) is 2.23. The molecule has 3 nitrogen and oxygen atoms in total. The summed E-state index contributed by atoms with van der Waals surface area (Å²) < 4.78 is 36.7. The molecule has 0 aliphatic heterocycles. The van der Waals surface area contributed by atoms with Crippen LogP contribution in [-0.4, -0.2) is 4.98 Å². The van der Waals surface area contributed by atoms with Crippen LogP contribution in [0.5, 0.6) is 0 Å². The van der Waals surface area contributed by atoms with E-state index in [1.54, 1.807) is 0 Å². The van der Waals surface area contributed by atoms with Gasteiger partial charge in [-0.25, -0.2) is 4.98 Å². The van der Waals surface area contributed by atoms with Crippen LogP contribution < -0.4 is 5.73 Å². The number of halogens is 3. The minimum absolute atomic E-state index is 0.514. The molecule has 0 aliphatic rings. The summed E-state index contributed by atoms with van der Waals surface area (Å²) in [6.07, 6.45) is -3.58. The molecule has 68 valence electrons. The molecule has 0 saturated carbocycles. The standard InChI is InChI=1S/C7H4F3N3/c8-7(9,10)5-4(3-11)1-2-13-6(5)12/h1-2H,(H2,12,13). The Morgan fingerprint density at radius 2 is 2.08 bits per heavy atom. The molecular formula is C7H4F3N3. The molecule has 0 saturated heterocycles. The van der Waals surface area contributed by atoms with E-state index in [0.717, 1.165) is 12.3 Å². The van der Waals surface area contributed by atoms with Gasteiger partial charge >= 0.3 is 6.18 Å². The zero-order chi connectivity index (χ0) is 10.1. The van der Waals surface area contributed by atoms with Crippen LogP contribution in [0.3, 0.4) is 0 Å². The van der Waals surface area contributed by atoms with E-state index in [4.69, 9.17) is 11.0 Å². The number of aromatic nitrogens is 1. The number of hydrogen-bond acceptors (Lipinski definition) is 3. The summed E-state index contributed by atoms with van der Waals surface area (Å²) in [7, 11) is 0. The van der Waals surface area contributed by atoms with Crippen LogP contribution in [0.15, 0.2) is 12.3 Å². The molecule has 0 bridgehead atoms. The van der Waals surface area contributed by atoms with E-state index >= 15 is 0 Å². The Balaban J connectivity index is 3.43. The molecule has 1 aromatic heterocycles. The summed E-state index contributed by atoms with van der Waals surface area (Å²) in [4.78, 5) is 3.26. The summed E-state index contributed by atoms with van der Waals surface area (Å²) in [5.74, 6) is -0.674. The van der Waals surface area contributed by atoms with Gasteiger partial charge in [0.1, 0.15) is 11.4 Å². The van der Waals surface area contributed by atoms with Crippen molar-refractivity contribution in [3.8, 4) is 6.07 Å². The van der Waals surface area contributed by atoms with Crippen molar-refractivity contribution in [3.63, 3.8) is 0 Å². The van der Waals surface area contributed by atoms with Crippen molar-refractivity contribution in [2.24, 2.45) is 0 Å². The highest BCUT2D eigenvalue weighted by Gasteiger charge is 2.36. The predicted molar refractivity (Wildman–Crippen MR) is 38.4 cm³/mol. The fourth-order valence-corrected chi connectivity index (χ4v) is 0.869. The van der Waals surface area contributed by atoms with E-state index in [1.807, 2.05) is 0 Å². The van der Waals surface area contributed by atoms with Crippen LogP contribution in [0.25, 0.3) is 0 Å². The number of nitrogen functional groups attached to an aromatic ring is 1. The first-order valence-corrected chi connectivity index (χ1v) is 3.18. The van der Waals surface area contributed by atoms with E-state index in [-0.39, 0.29) is 0 Å². The Bertz CT molecular complexity index is 364. The van der Waals surface area contributed by atoms with E-state index in [9.17, 15) is 13.2 Å². The molecule has 1 rings (SSSR count). The molecule has 0 fully saturated rings. The van der Waals surface area contributed by atoms with Crippen LogP contribution in [0.2, 0.25) is 0 Å². The van der Waals surface area contributed by atoms with Gasteiger partial charge in [0.2, 0.25) is 0 Å². The van der Waals surface area contributed by atoms with Gasteiger partial charge in [0, 0.05) is 6.20 Å². The Morgan fingerprint density at radius 3 is 2.46 bits per heavy atom. The van der Waals surface area contributed by atoms with Gasteiger partial charge in [-0.1, -0.05) is 0 Å². The monoisotopic (exact) mass is 187 g/mol. The average Bonchev–Trinajstić information content (AvgIpc) is 2.01. The third-order valence-electron chi connectivity index (χ3n) is 1.38. The molecule has 0 unspecified atom stereocenters. The number of nitrogens with zero attached hydrogens (tertiary/aromatic N) is 2. The fraction of sp³-hybridized carbons (Fsp3) is 0.143. The molecule has 0 spiro atoms. The van der Waals surface area contributed by atoms with Gasteiger partial charge in [0.15, 0.2) is 0 Å². The number of nitriles is 1. The van der Waals surface area contributed by atoms with Gasteiger partial charge in [0.25, 0.3) is 0 Å². The largest absolute Gasteiger partial charge is 0.421 e. The van der Waals surface area contributed by atoms with Gasteiger partial charge in [0.05, 0.1) is 11.6 Å². The normalized spacial score (nSPS) is 10.9. The summed E-state index contributed by atoms with van der Waals surface area (Å²) in [5, 5.41) is 8.37. The molecule has 0 atom stereocenters. The van der Waals surface area contributed by atoms with Crippen molar-refractivity contribution >= 4 is 5.82 Å². The highest BCUT2D eigenvalue weighted by molar-refractivity contribution is 5.51. The number of anilines is 1. The van der Waals surface area contributed by atoms with Crippen LogP contribution in [0.4, 0.5) is 19.0 Å². The average molecular weight is 187 g/mol. The first-order chi connectivity index (χ1) is 5.96. The number of hydrogen-bond donors (Lipinski definition) is 1. The summed E-state index contributed by atoms with van der Waals surface area (Å²) in [6, 6.07) is 2.37. The lowest BCUT2D eigenvalue weighted by Gasteiger charge is -2.09. The number of nitrogens with two attached hydrogens (primary N) is 1. The zero-order valence-corrected chi connectivity index (χ0v) is 6.26. The van der Waals surface area contributed by atoms with E-state index in [2.05, 4.69) is 4.98 Å². The molecule has 13 heavy (non-hydrogen) atoms. The van der Waals surface area contributed by atoms with Gasteiger partial charge in [-0.3, -0.25) is 0 Å². The van der Waals surface area contributed by atoms with Crippen LogP contribution in [0.1, 0.15) is 11.1 Å². The quantitative estimate of drug-likeness (QED) is 0.670. The van der Waals surface area contributed by atoms with Crippen LogP contribution >= 0.6 is 0 Å². The third-order valence-corrected chi connectivity index (χ3v) is 1.38. The highest BCUT2D eigenvalue weighted by atomic mass is 19.4. The Morgan fingerprint density at radius 1 is 1.46 bits per heavy atom. The molecular weight excluding hydrogens is 183 g/mol. The molecule has 0 radical (unpaired) electrons. The van der Waals surface area contributed by atoms with Crippen molar-refractivity contribution < 1.29 is 13.2 Å². The van der Waals surface area contributed by atoms with Crippen molar-refractivity contribution in [3.05, 3.63) is 23.4 Å². The van der Waals surface area contributed by atoms with Gasteiger partial charge in [-0.05, 0) is 6.07 Å². The first kappa shape index (κ1) is 9.32. The minimum atomic E-state index is -4.64. The van der Waals surface area contributed by atoms with Gasteiger partial charge in [-0.2, -0.15) is 18.4 Å². The maximum absolute atomic E-state index is 12.2. The summed E-state index contributed by atoms with van der Waals surface area (Å²) in [6.45, 7) is 0. The lowest BCUT2D eigenvalue weighted by molar-refractivity contribution is -0.137. The second kappa shape index (κ2) is 2.94. The SMILES string of the molecule is N#Cc1ccnc(N)c1C(F)(F)F. The molecule has 0 amide bonds. The number of alkyl halides is 3. The summed E-state index contributed by atoms with van der Waals surface area (Å²) in [5.41, 5.74) is 3.32. The van der Waals surface area contributed by atoms with Crippen molar-refractivity contribution in [1.29, 1.82) is 5.26 Å². The third kappa shape index (κ3) is 1.69. The van der Waals surface area contributed by atoms with E-state index < -0.39 is 23.1 Å². The zero-order valence-electron chi connectivity index (χ0n) is 6.26. The maximum Gasteiger partial charge on any atom is 0.421 e. The molecule has 0 aliphatic carbocycles. The fourth-order valence-electron chi connectivity index (χ4n) is 0.869. The Kier molecular flexibility index (Phi) is 2.10. The number of rotatable bonds is 0. The Hall–Kier alpha value is -1.77. The molecule has 6 heteroatoms. The van der Waals surface area contributed by atoms with E-state index in [0.29, 0.717) is 0 Å². The predicted octanol–water partition coefficient (Wildman–Crippen LogP) is 1.55. The van der Waals surface area contributed by atoms with Crippen molar-refractivity contribution in [2.45, 2.75) is 6.18 Å². The topological polar surface area (TPSA) is 62.7 Å². The highest BCUT2D eigenvalue weighted by Crippen LogP contribution is 2.34. The summed E-state index contributed by atoms with van der Waals surface area (Å²) >= 11 is 0. The Labute approximate surface area is 71.6 Å². The van der Waals surface area contributed by atoms with Gasteiger partial charge < -0.3 is 5.73 Å².